The normalized spacial score (nSPS) is 29.6. The van der Waals surface area contributed by atoms with Crippen LogP contribution in [0.3, 0.4) is 0 Å². The van der Waals surface area contributed by atoms with E-state index in [1.807, 2.05) is 0 Å². The molecular formula is C15H10O5. The molecule has 20 heavy (non-hydrogen) atoms. The van der Waals surface area contributed by atoms with Crippen molar-refractivity contribution >= 4 is 5.78 Å². The molecule has 2 aromatic rings. The Morgan fingerprint density at radius 2 is 1.75 bits per heavy atom. The van der Waals surface area contributed by atoms with Crippen LogP contribution in [0.5, 0.6) is 11.5 Å². The van der Waals surface area contributed by atoms with Crippen molar-refractivity contribution in [3.63, 3.8) is 0 Å². The first-order chi connectivity index (χ1) is 9.48. The maximum Gasteiger partial charge on any atom is 0.276 e. The number of rotatable bonds is 0. The number of phenolic OH excluding ortho intramolecular Hbond substituents is 1. The van der Waals surface area contributed by atoms with Gasteiger partial charge in [-0.3, -0.25) is 4.79 Å². The summed E-state index contributed by atoms with van der Waals surface area (Å²) in [6.45, 7) is 0. The first-order valence-corrected chi connectivity index (χ1v) is 6.10. The third-order valence-electron chi connectivity index (χ3n) is 3.97. The molecule has 2 aliphatic rings. The number of fused-ring (bicyclic) bond motifs is 5. The van der Waals surface area contributed by atoms with E-state index in [1.54, 1.807) is 12.1 Å². The molecular weight excluding hydrogens is 260 g/mol. The summed E-state index contributed by atoms with van der Waals surface area (Å²) in [4.78, 5) is 12.5. The molecule has 5 nitrogen and oxygen atoms in total. The van der Waals surface area contributed by atoms with Crippen LogP contribution in [-0.2, 0) is 11.4 Å². The second kappa shape index (κ2) is 3.20. The number of hydrogen-bond acceptors (Lipinski definition) is 5. The van der Waals surface area contributed by atoms with E-state index in [4.69, 9.17) is 4.74 Å². The third kappa shape index (κ3) is 1.01. The van der Waals surface area contributed by atoms with E-state index in [1.165, 1.54) is 30.3 Å². The predicted molar refractivity (Wildman–Crippen MR) is 67.3 cm³/mol. The fraction of sp³-hybridized carbons (Fsp3) is 0.133. The van der Waals surface area contributed by atoms with Gasteiger partial charge >= 0.3 is 0 Å². The molecule has 0 radical (unpaired) electrons. The van der Waals surface area contributed by atoms with Gasteiger partial charge in [-0.05, 0) is 12.1 Å². The summed E-state index contributed by atoms with van der Waals surface area (Å²) < 4.78 is 5.42. The Morgan fingerprint density at radius 1 is 1.00 bits per heavy atom. The molecule has 0 unspecified atom stereocenters. The number of benzene rings is 2. The number of ketones is 1. The average Bonchev–Trinajstić information content (AvgIpc) is 2.76. The Kier molecular flexibility index (Phi) is 1.83. The molecule has 5 heteroatoms. The summed E-state index contributed by atoms with van der Waals surface area (Å²) in [5.74, 6) is -2.74. The van der Waals surface area contributed by atoms with Gasteiger partial charge in [0.15, 0.2) is 0 Å². The molecule has 2 aromatic carbocycles. The number of carbonyl (C=O) groups excluding carboxylic acids is 1. The van der Waals surface area contributed by atoms with E-state index in [9.17, 15) is 20.1 Å². The highest BCUT2D eigenvalue weighted by Gasteiger charge is 2.70. The van der Waals surface area contributed by atoms with Crippen molar-refractivity contribution in [1.82, 2.24) is 0 Å². The molecule has 1 heterocycles. The number of aromatic hydroxyl groups is 1. The molecule has 0 saturated carbocycles. The van der Waals surface area contributed by atoms with E-state index in [0.717, 1.165) is 0 Å². The molecule has 0 amide bonds. The van der Waals surface area contributed by atoms with Crippen LogP contribution in [0.2, 0.25) is 0 Å². The fourth-order valence-electron chi connectivity index (χ4n) is 3.01. The van der Waals surface area contributed by atoms with Crippen LogP contribution in [0, 0.1) is 0 Å². The maximum atomic E-state index is 12.5. The van der Waals surface area contributed by atoms with Gasteiger partial charge in [-0.2, -0.15) is 0 Å². The van der Waals surface area contributed by atoms with Gasteiger partial charge in [0.25, 0.3) is 5.79 Å². The molecule has 0 bridgehead atoms. The molecule has 1 aliphatic heterocycles. The minimum absolute atomic E-state index is 0.0725. The summed E-state index contributed by atoms with van der Waals surface area (Å²) >= 11 is 0. The van der Waals surface area contributed by atoms with Gasteiger partial charge in [0.2, 0.25) is 11.4 Å². The number of aliphatic hydroxyl groups is 2. The van der Waals surface area contributed by atoms with Crippen LogP contribution in [0.15, 0.2) is 42.5 Å². The van der Waals surface area contributed by atoms with Crippen molar-refractivity contribution < 1.29 is 24.9 Å². The first-order valence-electron chi connectivity index (χ1n) is 6.10. The van der Waals surface area contributed by atoms with Gasteiger partial charge in [0.05, 0.1) is 0 Å². The topological polar surface area (TPSA) is 87.0 Å². The highest BCUT2D eigenvalue weighted by atomic mass is 16.7. The second-order valence-corrected chi connectivity index (χ2v) is 5.01. The second-order valence-electron chi connectivity index (χ2n) is 5.01. The van der Waals surface area contributed by atoms with Crippen molar-refractivity contribution in [1.29, 1.82) is 0 Å². The standard InChI is InChI=1S/C15H10O5/c16-8-5-6-11-12(7-8)20-15(19)10-4-2-1-3-9(10)13(17)14(11,15)18/h1-7,16,18-19H/t14-,15-/m1/s1. The monoisotopic (exact) mass is 270 g/mol. The molecule has 1 aliphatic carbocycles. The zero-order valence-electron chi connectivity index (χ0n) is 10.2. The Balaban J connectivity index is 2.05. The Bertz CT molecular complexity index is 769. The highest BCUT2D eigenvalue weighted by molar-refractivity contribution is 6.09. The van der Waals surface area contributed by atoms with Gasteiger partial charge in [-0.1, -0.05) is 24.3 Å². The number of Topliss-reactive ketones (excluding diaryl/α,β-unsaturated/α-hetero) is 1. The van der Waals surface area contributed by atoms with E-state index in [0.29, 0.717) is 0 Å². The average molecular weight is 270 g/mol. The van der Waals surface area contributed by atoms with Crippen molar-refractivity contribution in [2.45, 2.75) is 11.4 Å². The number of carbonyl (C=O) groups is 1. The molecule has 0 saturated heterocycles. The number of hydrogen-bond donors (Lipinski definition) is 3. The molecule has 0 aromatic heterocycles. The first kappa shape index (κ1) is 11.5. The zero-order chi connectivity index (χ0) is 14.1. The third-order valence-corrected chi connectivity index (χ3v) is 3.97. The highest BCUT2D eigenvalue weighted by Crippen LogP contribution is 2.58. The van der Waals surface area contributed by atoms with Gasteiger partial charge in [0, 0.05) is 22.8 Å². The smallest absolute Gasteiger partial charge is 0.276 e. The van der Waals surface area contributed by atoms with E-state index in [2.05, 4.69) is 0 Å². The van der Waals surface area contributed by atoms with Gasteiger partial charge in [0.1, 0.15) is 11.5 Å². The molecule has 2 atom stereocenters. The predicted octanol–water partition coefficient (Wildman–Crippen LogP) is 1.01. The maximum absolute atomic E-state index is 12.5. The Morgan fingerprint density at radius 3 is 2.55 bits per heavy atom. The van der Waals surface area contributed by atoms with Crippen molar-refractivity contribution in [3.05, 3.63) is 59.2 Å². The summed E-state index contributed by atoms with van der Waals surface area (Å²) in [6, 6.07) is 10.4. The van der Waals surface area contributed by atoms with Gasteiger partial charge < -0.3 is 20.1 Å². The van der Waals surface area contributed by atoms with Crippen LogP contribution in [0.1, 0.15) is 21.5 Å². The lowest BCUT2D eigenvalue weighted by atomic mass is 9.87. The quantitative estimate of drug-likeness (QED) is 0.665. The van der Waals surface area contributed by atoms with E-state index >= 15 is 0 Å². The minimum atomic E-state index is -2.18. The lowest BCUT2D eigenvalue weighted by Crippen LogP contribution is -2.48. The van der Waals surface area contributed by atoms with Crippen molar-refractivity contribution in [2.75, 3.05) is 0 Å². The van der Waals surface area contributed by atoms with Crippen LogP contribution >= 0.6 is 0 Å². The fourth-order valence-corrected chi connectivity index (χ4v) is 3.01. The van der Waals surface area contributed by atoms with Crippen LogP contribution in [0.25, 0.3) is 0 Å². The Labute approximate surface area is 113 Å². The van der Waals surface area contributed by atoms with Crippen LogP contribution < -0.4 is 4.74 Å². The van der Waals surface area contributed by atoms with E-state index in [-0.39, 0.29) is 28.2 Å². The van der Waals surface area contributed by atoms with Gasteiger partial charge in [-0.25, -0.2) is 0 Å². The lowest BCUT2D eigenvalue weighted by Gasteiger charge is -2.28. The van der Waals surface area contributed by atoms with Gasteiger partial charge in [-0.15, -0.1) is 0 Å². The van der Waals surface area contributed by atoms with E-state index < -0.39 is 17.2 Å². The van der Waals surface area contributed by atoms with Crippen molar-refractivity contribution in [2.24, 2.45) is 0 Å². The zero-order valence-corrected chi connectivity index (χ0v) is 10.2. The molecule has 100 valence electrons. The number of ether oxygens (including phenoxy) is 1. The van der Waals surface area contributed by atoms with Crippen LogP contribution in [-0.4, -0.2) is 21.1 Å². The molecule has 0 fully saturated rings. The SMILES string of the molecule is O=C1c2ccccc2[C@@]2(O)Oc3cc(O)ccc3[C@@]12O. The Hall–Kier alpha value is -2.37. The molecule has 0 spiro atoms. The summed E-state index contributed by atoms with van der Waals surface area (Å²) in [6.07, 6.45) is 0. The molecule has 4 rings (SSSR count). The summed E-state index contributed by atoms with van der Waals surface area (Å²) in [5.41, 5.74) is -1.57. The summed E-state index contributed by atoms with van der Waals surface area (Å²) in [5, 5.41) is 31.0. The largest absolute Gasteiger partial charge is 0.508 e. The minimum Gasteiger partial charge on any atom is -0.508 e. The lowest BCUT2D eigenvalue weighted by molar-refractivity contribution is -0.224. The van der Waals surface area contributed by atoms with Crippen LogP contribution in [0.4, 0.5) is 0 Å². The summed E-state index contributed by atoms with van der Waals surface area (Å²) in [7, 11) is 0. The van der Waals surface area contributed by atoms with Crippen molar-refractivity contribution in [3.8, 4) is 11.5 Å². The molecule has 3 N–H and O–H groups in total. The number of phenols is 1.